The number of amides is 1. The van der Waals surface area contributed by atoms with Gasteiger partial charge in [-0.1, -0.05) is 6.42 Å². The summed E-state index contributed by atoms with van der Waals surface area (Å²) in [6, 6.07) is 0.216. The lowest BCUT2D eigenvalue weighted by Crippen LogP contribution is -2.68. The Morgan fingerprint density at radius 2 is 2.04 bits per heavy atom. The second-order valence-corrected chi connectivity index (χ2v) is 7.02. The van der Waals surface area contributed by atoms with Crippen molar-refractivity contribution in [1.29, 1.82) is 0 Å². The van der Waals surface area contributed by atoms with E-state index in [1.54, 1.807) is 0 Å². The number of nitrogens with zero attached hydrogens (tertiary/aromatic N) is 2. The maximum absolute atomic E-state index is 12.4. The molecule has 0 aliphatic heterocycles. The lowest BCUT2D eigenvalue weighted by atomic mass is 9.51. The van der Waals surface area contributed by atoms with Gasteiger partial charge in [-0.15, -0.1) is 0 Å². The molecule has 0 bridgehead atoms. The number of nitrogens with one attached hydrogen (secondary N) is 2. The van der Waals surface area contributed by atoms with E-state index in [2.05, 4.69) is 15.6 Å². The van der Waals surface area contributed by atoms with Gasteiger partial charge in [-0.2, -0.15) is 13.2 Å². The minimum Gasteiger partial charge on any atom is -0.378 e. The normalized spacial score (nSPS) is 24.6. The van der Waals surface area contributed by atoms with E-state index in [-0.39, 0.29) is 24.1 Å². The van der Waals surface area contributed by atoms with Crippen LogP contribution in [0, 0.1) is 5.41 Å². The second-order valence-electron chi connectivity index (χ2n) is 7.02. The molecule has 0 saturated heterocycles. The molecule has 2 atom stereocenters. The largest absolute Gasteiger partial charge is 0.406 e. The van der Waals surface area contributed by atoms with Crippen molar-refractivity contribution in [2.75, 3.05) is 33.3 Å². The van der Waals surface area contributed by atoms with Crippen molar-refractivity contribution in [3.05, 3.63) is 0 Å². The Morgan fingerprint density at radius 1 is 1.35 bits per heavy atom. The van der Waals surface area contributed by atoms with Crippen molar-refractivity contribution in [2.24, 2.45) is 10.4 Å². The van der Waals surface area contributed by atoms with Crippen molar-refractivity contribution >= 4 is 11.9 Å². The molecule has 0 heterocycles. The molecule has 0 aromatic carbocycles. The van der Waals surface area contributed by atoms with Gasteiger partial charge in [0.15, 0.2) is 5.96 Å². The highest BCUT2D eigenvalue weighted by molar-refractivity contribution is 5.85. The number of likely N-dealkylation sites (N-methyl/N-ethyl adjacent to an activating group) is 1. The molecule has 1 spiro atoms. The first-order chi connectivity index (χ1) is 12.2. The van der Waals surface area contributed by atoms with E-state index in [9.17, 15) is 18.0 Å². The van der Waals surface area contributed by atoms with Crippen molar-refractivity contribution in [2.45, 2.75) is 57.9 Å². The highest BCUT2D eigenvalue weighted by atomic mass is 19.4. The van der Waals surface area contributed by atoms with Gasteiger partial charge in [0.1, 0.15) is 13.1 Å². The highest BCUT2D eigenvalue weighted by Crippen LogP contribution is 2.57. The Hall–Kier alpha value is -1.51. The van der Waals surface area contributed by atoms with Gasteiger partial charge in [0.05, 0.1) is 6.10 Å². The number of halogens is 3. The molecule has 150 valence electrons. The van der Waals surface area contributed by atoms with Gasteiger partial charge in [0, 0.05) is 31.7 Å². The van der Waals surface area contributed by atoms with Crippen LogP contribution in [0.5, 0.6) is 0 Å². The van der Waals surface area contributed by atoms with Gasteiger partial charge in [-0.25, -0.2) is 4.99 Å². The smallest absolute Gasteiger partial charge is 0.378 e. The van der Waals surface area contributed by atoms with E-state index in [1.165, 1.54) is 6.42 Å². The summed E-state index contributed by atoms with van der Waals surface area (Å²) in [7, 11) is 1.13. The molecular formula is C17H29F3N4O2. The number of hydrogen-bond acceptors (Lipinski definition) is 3. The predicted molar refractivity (Wildman–Crippen MR) is 92.9 cm³/mol. The Morgan fingerprint density at radius 3 is 2.54 bits per heavy atom. The van der Waals surface area contributed by atoms with E-state index < -0.39 is 18.6 Å². The quantitative estimate of drug-likeness (QED) is 0.525. The monoisotopic (exact) mass is 378 g/mol. The van der Waals surface area contributed by atoms with Crippen LogP contribution >= 0.6 is 0 Å². The molecular weight excluding hydrogens is 349 g/mol. The third-order valence-corrected chi connectivity index (χ3v) is 5.31. The molecule has 2 fully saturated rings. The van der Waals surface area contributed by atoms with E-state index in [1.807, 2.05) is 13.8 Å². The van der Waals surface area contributed by atoms with Crippen LogP contribution < -0.4 is 10.6 Å². The summed E-state index contributed by atoms with van der Waals surface area (Å²) in [6.45, 7) is 3.59. The number of carbonyl (C=O) groups excluding carboxylic acids is 1. The fourth-order valence-corrected chi connectivity index (χ4v) is 3.75. The summed E-state index contributed by atoms with van der Waals surface area (Å²) >= 11 is 0. The maximum atomic E-state index is 12.4. The zero-order chi connectivity index (χ0) is 19.4. The Labute approximate surface area is 152 Å². The third kappa shape index (κ3) is 4.81. The Kier molecular flexibility index (Phi) is 6.76. The molecule has 0 radical (unpaired) electrons. The first-order valence-electron chi connectivity index (χ1n) is 9.19. The minimum atomic E-state index is -4.41. The number of rotatable bonds is 7. The maximum Gasteiger partial charge on any atom is 0.406 e. The summed E-state index contributed by atoms with van der Waals surface area (Å²) in [6.07, 6.45) is 0.0924. The first kappa shape index (κ1) is 20.8. The van der Waals surface area contributed by atoms with Gasteiger partial charge in [0.2, 0.25) is 5.91 Å². The highest BCUT2D eigenvalue weighted by Gasteiger charge is 2.59. The summed E-state index contributed by atoms with van der Waals surface area (Å²) in [5.41, 5.74) is 0.128. The van der Waals surface area contributed by atoms with Crippen molar-refractivity contribution < 1.29 is 22.7 Å². The molecule has 0 aromatic rings. The van der Waals surface area contributed by atoms with Crippen molar-refractivity contribution in [1.82, 2.24) is 15.5 Å². The fraction of sp³-hybridized carbons (Fsp3) is 0.882. The molecule has 9 heteroatoms. The van der Waals surface area contributed by atoms with Crippen molar-refractivity contribution in [3.63, 3.8) is 0 Å². The molecule has 0 aromatic heterocycles. The van der Waals surface area contributed by atoms with E-state index >= 15 is 0 Å². The number of hydrogen-bond donors (Lipinski definition) is 2. The third-order valence-electron chi connectivity index (χ3n) is 5.31. The molecule has 26 heavy (non-hydrogen) atoms. The summed E-state index contributed by atoms with van der Waals surface area (Å²) < 4.78 is 42.9. The number of aliphatic imine (C=N–C) groups is 1. The van der Waals surface area contributed by atoms with Crippen LogP contribution in [0.4, 0.5) is 13.2 Å². The van der Waals surface area contributed by atoms with E-state index in [0.717, 1.165) is 26.3 Å². The van der Waals surface area contributed by atoms with Gasteiger partial charge < -0.3 is 20.3 Å². The average molecular weight is 378 g/mol. The van der Waals surface area contributed by atoms with E-state index in [0.29, 0.717) is 24.0 Å². The molecule has 1 amide bonds. The fourth-order valence-electron chi connectivity index (χ4n) is 3.75. The van der Waals surface area contributed by atoms with Crippen LogP contribution in [0.3, 0.4) is 0 Å². The lowest BCUT2D eigenvalue weighted by Gasteiger charge is -2.61. The SMILES string of the molecule is CCNC(=NCC(=O)N(C)CC(F)(F)F)NC1CC(OCC)C12CCC2. The van der Waals surface area contributed by atoms with Crippen LogP contribution in [0.2, 0.25) is 0 Å². The molecule has 2 aliphatic carbocycles. The van der Waals surface area contributed by atoms with Gasteiger partial charge in [-0.3, -0.25) is 4.79 Å². The first-order valence-corrected chi connectivity index (χ1v) is 9.19. The summed E-state index contributed by atoms with van der Waals surface area (Å²) in [5.74, 6) is -0.203. The topological polar surface area (TPSA) is 66.0 Å². The van der Waals surface area contributed by atoms with Crippen LogP contribution in [0.1, 0.15) is 39.5 Å². The average Bonchev–Trinajstić information content (AvgIpc) is 2.47. The lowest BCUT2D eigenvalue weighted by molar-refractivity contribution is -0.168. The zero-order valence-electron chi connectivity index (χ0n) is 15.7. The predicted octanol–water partition coefficient (Wildman–Crippen LogP) is 1.91. The van der Waals surface area contributed by atoms with Crippen LogP contribution in [-0.4, -0.2) is 68.4 Å². The molecule has 2 N–H and O–H groups in total. The van der Waals surface area contributed by atoms with Crippen LogP contribution in [0.15, 0.2) is 4.99 Å². The Balaban J connectivity index is 1.92. The van der Waals surface area contributed by atoms with Gasteiger partial charge in [-0.05, 0) is 33.1 Å². The van der Waals surface area contributed by atoms with E-state index in [4.69, 9.17) is 4.74 Å². The zero-order valence-corrected chi connectivity index (χ0v) is 15.7. The molecule has 2 unspecified atom stereocenters. The van der Waals surface area contributed by atoms with Gasteiger partial charge >= 0.3 is 6.18 Å². The molecule has 6 nitrogen and oxygen atoms in total. The summed E-state index contributed by atoms with van der Waals surface area (Å²) in [4.78, 5) is 16.7. The van der Waals surface area contributed by atoms with Gasteiger partial charge in [0.25, 0.3) is 0 Å². The van der Waals surface area contributed by atoms with Crippen LogP contribution in [0.25, 0.3) is 0 Å². The Bertz CT molecular complexity index is 521. The standard InChI is InChI=1S/C17H29F3N4O2/c1-4-21-15(22-10-14(25)24(3)11-17(18,19)20)23-12-9-13(26-5-2)16(12)7-6-8-16/h12-13H,4-11H2,1-3H3,(H2,21,22,23). The molecule has 2 aliphatic rings. The number of guanidine groups is 1. The second kappa shape index (κ2) is 8.45. The number of alkyl halides is 3. The number of ether oxygens (including phenoxy) is 1. The van der Waals surface area contributed by atoms with Crippen LogP contribution in [-0.2, 0) is 9.53 Å². The van der Waals surface area contributed by atoms with Crippen molar-refractivity contribution in [3.8, 4) is 0 Å². The molecule has 2 saturated carbocycles. The summed E-state index contributed by atoms with van der Waals surface area (Å²) in [5, 5.41) is 6.41. The molecule has 2 rings (SSSR count). The number of carbonyl (C=O) groups is 1. The minimum absolute atomic E-state index is 0.128.